The molecule has 1 saturated carbocycles. The molecule has 0 aromatic carbocycles. The zero-order chi connectivity index (χ0) is 15.7. The molecule has 0 aliphatic heterocycles. The number of hydrogen-bond acceptors (Lipinski definition) is 4. The number of rotatable bonds is 5. The maximum atomic E-state index is 12.7. The van der Waals surface area contributed by atoms with Crippen molar-refractivity contribution >= 4 is 10.0 Å². The molecule has 0 radical (unpaired) electrons. The molecule has 3 N–H and O–H groups in total. The number of aromatic nitrogens is 2. The lowest BCUT2D eigenvalue weighted by atomic mass is 9.74. The van der Waals surface area contributed by atoms with Crippen LogP contribution in [0, 0.1) is 12.3 Å². The first kappa shape index (κ1) is 16.5. The zero-order valence-electron chi connectivity index (χ0n) is 13.3. The highest BCUT2D eigenvalue weighted by atomic mass is 32.2. The van der Waals surface area contributed by atoms with E-state index in [1.165, 1.54) is 0 Å². The quantitative estimate of drug-likeness (QED) is 0.772. The van der Waals surface area contributed by atoms with Gasteiger partial charge in [-0.2, -0.15) is 5.10 Å². The molecule has 1 aliphatic rings. The molecule has 1 aromatic heterocycles. The molecular weight excluding hydrogens is 288 g/mol. The maximum Gasteiger partial charge on any atom is 0.260 e. The summed E-state index contributed by atoms with van der Waals surface area (Å²) in [4.78, 5) is 0. The fourth-order valence-electron chi connectivity index (χ4n) is 2.99. The van der Waals surface area contributed by atoms with Crippen molar-refractivity contribution in [1.29, 1.82) is 0 Å². The number of nitrogens with zero attached hydrogens (tertiary/aromatic N) is 1. The molecule has 2 rings (SSSR count). The molecule has 1 atom stereocenters. The highest BCUT2D eigenvalue weighted by molar-refractivity contribution is 7.89. The number of aromatic amines is 1. The van der Waals surface area contributed by atoms with Gasteiger partial charge in [-0.1, -0.05) is 26.7 Å². The molecule has 1 heterocycles. The molecule has 1 unspecified atom stereocenters. The summed E-state index contributed by atoms with van der Waals surface area (Å²) in [5, 5.41) is 9.89. The third kappa shape index (κ3) is 3.46. The number of aryl methyl sites for hydroxylation is 1. The summed E-state index contributed by atoms with van der Waals surface area (Å²) in [7, 11) is -1.80. The van der Waals surface area contributed by atoms with Gasteiger partial charge in [-0.15, -0.1) is 0 Å². The lowest BCUT2D eigenvalue weighted by molar-refractivity contribution is 0.188. The van der Waals surface area contributed by atoms with E-state index < -0.39 is 10.0 Å². The molecule has 1 aliphatic carbocycles. The van der Waals surface area contributed by atoms with Crippen LogP contribution in [0.3, 0.4) is 0 Å². The Balaban J connectivity index is 2.26. The minimum atomic E-state index is -3.60. The van der Waals surface area contributed by atoms with Gasteiger partial charge in [0.2, 0.25) is 0 Å². The minimum Gasteiger partial charge on any atom is -0.316 e. The first-order valence-corrected chi connectivity index (χ1v) is 8.97. The SMILES string of the molecule is CNCc1c(S(=O)(=O)NC2CCCCC2(C)C)n[nH]c1C. The van der Waals surface area contributed by atoms with Crippen LogP contribution in [0.1, 0.15) is 50.8 Å². The number of hydrogen-bond donors (Lipinski definition) is 3. The van der Waals surface area contributed by atoms with Crippen molar-refractivity contribution in [3.63, 3.8) is 0 Å². The smallest absolute Gasteiger partial charge is 0.260 e. The van der Waals surface area contributed by atoms with Crippen LogP contribution in [-0.4, -0.2) is 31.7 Å². The van der Waals surface area contributed by atoms with Crippen LogP contribution >= 0.6 is 0 Å². The van der Waals surface area contributed by atoms with Gasteiger partial charge in [0.25, 0.3) is 10.0 Å². The molecule has 1 aromatic rings. The molecule has 0 spiro atoms. The van der Waals surface area contributed by atoms with E-state index in [1.54, 1.807) is 7.05 Å². The maximum absolute atomic E-state index is 12.7. The summed E-state index contributed by atoms with van der Waals surface area (Å²) in [6.07, 6.45) is 4.16. The fraction of sp³-hybridized carbons (Fsp3) is 0.786. The van der Waals surface area contributed by atoms with E-state index in [0.29, 0.717) is 12.1 Å². The Morgan fingerprint density at radius 3 is 2.71 bits per heavy atom. The Labute approximate surface area is 127 Å². The third-order valence-electron chi connectivity index (χ3n) is 4.45. The van der Waals surface area contributed by atoms with Crippen LogP contribution < -0.4 is 10.0 Å². The van der Waals surface area contributed by atoms with Crippen LogP contribution in [0.5, 0.6) is 0 Å². The van der Waals surface area contributed by atoms with E-state index in [2.05, 4.69) is 34.1 Å². The predicted octanol–water partition coefficient (Wildman–Crippen LogP) is 1.68. The molecule has 0 bridgehead atoms. The largest absolute Gasteiger partial charge is 0.316 e. The topological polar surface area (TPSA) is 86.9 Å². The summed E-state index contributed by atoms with van der Waals surface area (Å²) in [6, 6.07) is -0.0318. The highest BCUT2D eigenvalue weighted by Gasteiger charge is 2.36. The second kappa shape index (κ2) is 6.06. The van der Waals surface area contributed by atoms with Gasteiger partial charge in [-0.05, 0) is 32.2 Å². The Morgan fingerprint density at radius 1 is 1.38 bits per heavy atom. The average molecular weight is 314 g/mol. The van der Waals surface area contributed by atoms with Crippen LogP contribution in [0.2, 0.25) is 0 Å². The minimum absolute atomic E-state index is 0.0140. The van der Waals surface area contributed by atoms with E-state index in [1.807, 2.05) is 6.92 Å². The van der Waals surface area contributed by atoms with Crippen molar-refractivity contribution in [2.24, 2.45) is 5.41 Å². The van der Waals surface area contributed by atoms with E-state index in [9.17, 15) is 8.42 Å². The molecule has 1 fully saturated rings. The monoisotopic (exact) mass is 314 g/mol. The fourth-order valence-corrected chi connectivity index (χ4v) is 4.63. The number of H-pyrrole nitrogens is 1. The number of sulfonamides is 1. The highest BCUT2D eigenvalue weighted by Crippen LogP contribution is 2.36. The van der Waals surface area contributed by atoms with Gasteiger partial charge < -0.3 is 5.32 Å². The van der Waals surface area contributed by atoms with Gasteiger partial charge in [-0.25, -0.2) is 13.1 Å². The zero-order valence-corrected chi connectivity index (χ0v) is 14.1. The normalized spacial score (nSPS) is 22.4. The van der Waals surface area contributed by atoms with Crippen LogP contribution in [0.15, 0.2) is 5.03 Å². The van der Waals surface area contributed by atoms with Crippen molar-refractivity contribution in [2.75, 3.05) is 7.05 Å². The van der Waals surface area contributed by atoms with Gasteiger partial charge in [0.05, 0.1) is 0 Å². The second-order valence-electron chi connectivity index (χ2n) is 6.57. The second-order valence-corrected chi connectivity index (χ2v) is 8.20. The van der Waals surface area contributed by atoms with Crippen LogP contribution in [-0.2, 0) is 16.6 Å². The summed E-state index contributed by atoms with van der Waals surface area (Å²) in [5.41, 5.74) is 1.48. The van der Waals surface area contributed by atoms with Gasteiger partial charge in [0.15, 0.2) is 5.03 Å². The molecular formula is C14H26N4O2S. The van der Waals surface area contributed by atoms with E-state index in [4.69, 9.17) is 0 Å². The van der Waals surface area contributed by atoms with E-state index in [0.717, 1.165) is 31.4 Å². The van der Waals surface area contributed by atoms with Crippen molar-refractivity contribution in [1.82, 2.24) is 20.2 Å². The molecule has 120 valence electrons. The van der Waals surface area contributed by atoms with E-state index in [-0.39, 0.29) is 16.5 Å². The molecule has 21 heavy (non-hydrogen) atoms. The van der Waals surface area contributed by atoms with Gasteiger partial charge in [0.1, 0.15) is 0 Å². The van der Waals surface area contributed by atoms with Gasteiger partial charge in [-0.3, -0.25) is 5.10 Å². The standard InChI is InChI=1S/C14H26N4O2S/c1-10-11(9-15-4)13(17-16-10)21(19,20)18-12-7-5-6-8-14(12,2)3/h12,15,18H,5-9H2,1-4H3,(H,16,17). The average Bonchev–Trinajstić information content (AvgIpc) is 2.75. The summed E-state index contributed by atoms with van der Waals surface area (Å²) in [5.74, 6) is 0. The molecule has 0 amide bonds. The van der Waals surface area contributed by atoms with Gasteiger partial charge >= 0.3 is 0 Å². The van der Waals surface area contributed by atoms with E-state index >= 15 is 0 Å². The molecule has 7 heteroatoms. The lowest BCUT2D eigenvalue weighted by Crippen LogP contribution is -2.47. The summed E-state index contributed by atoms with van der Waals surface area (Å²) < 4.78 is 28.2. The Morgan fingerprint density at radius 2 is 2.10 bits per heavy atom. The lowest BCUT2D eigenvalue weighted by Gasteiger charge is -2.38. The molecule has 0 saturated heterocycles. The molecule has 6 nitrogen and oxygen atoms in total. The van der Waals surface area contributed by atoms with Crippen molar-refractivity contribution in [2.45, 2.75) is 64.1 Å². The Hall–Kier alpha value is -0.920. The van der Waals surface area contributed by atoms with Gasteiger partial charge in [0, 0.05) is 23.8 Å². The van der Waals surface area contributed by atoms with Crippen LogP contribution in [0.4, 0.5) is 0 Å². The van der Waals surface area contributed by atoms with Crippen molar-refractivity contribution < 1.29 is 8.42 Å². The number of nitrogens with one attached hydrogen (secondary N) is 3. The van der Waals surface area contributed by atoms with Crippen molar-refractivity contribution in [3.8, 4) is 0 Å². The Bertz CT molecular complexity index is 592. The Kier molecular flexibility index (Phi) is 4.75. The first-order chi connectivity index (χ1) is 9.78. The summed E-state index contributed by atoms with van der Waals surface area (Å²) in [6.45, 7) is 6.57. The first-order valence-electron chi connectivity index (χ1n) is 7.49. The van der Waals surface area contributed by atoms with Crippen molar-refractivity contribution in [3.05, 3.63) is 11.3 Å². The summed E-state index contributed by atoms with van der Waals surface area (Å²) >= 11 is 0. The third-order valence-corrected chi connectivity index (χ3v) is 5.89. The van der Waals surface area contributed by atoms with Crippen LogP contribution in [0.25, 0.3) is 0 Å². The predicted molar refractivity (Wildman–Crippen MR) is 82.4 cm³/mol.